The smallest absolute Gasteiger partial charge is 0.257 e. The van der Waals surface area contributed by atoms with Crippen molar-refractivity contribution in [3.05, 3.63) is 78.0 Å². The van der Waals surface area contributed by atoms with Crippen molar-refractivity contribution in [1.82, 2.24) is 4.98 Å². The lowest BCUT2D eigenvalue weighted by Crippen LogP contribution is -2.16. The van der Waals surface area contributed by atoms with Gasteiger partial charge in [-0.15, -0.1) is 0 Å². The highest BCUT2D eigenvalue weighted by Crippen LogP contribution is 2.32. The zero-order chi connectivity index (χ0) is 19.2. The summed E-state index contributed by atoms with van der Waals surface area (Å²) < 4.78 is 11.0. The summed E-state index contributed by atoms with van der Waals surface area (Å²) >= 11 is 0. The fourth-order valence-corrected chi connectivity index (χ4v) is 2.94. The second-order valence-electron chi connectivity index (χ2n) is 6.41. The first-order valence-corrected chi connectivity index (χ1v) is 9.23. The molecule has 6 heteroatoms. The van der Waals surface area contributed by atoms with E-state index in [0.717, 1.165) is 18.8 Å². The largest absolute Gasteiger partial charge is 0.486 e. The van der Waals surface area contributed by atoms with E-state index in [0.29, 0.717) is 36.0 Å². The van der Waals surface area contributed by atoms with Crippen molar-refractivity contribution in [3.63, 3.8) is 0 Å². The van der Waals surface area contributed by atoms with Crippen LogP contribution in [0.5, 0.6) is 11.5 Å². The summed E-state index contributed by atoms with van der Waals surface area (Å²) in [6.45, 7) is 1.82. The van der Waals surface area contributed by atoms with E-state index in [-0.39, 0.29) is 5.91 Å². The molecule has 1 amide bonds. The van der Waals surface area contributed by atoms with Crippen molar-refractivity contribution < 1.29 is 14.3 Å². The molecule has 28 heavy (non-hydrogen) atoms. The lowest BCUT2D eigenvalue weighted by atomic mass is 10.1. The Morgan fingerprint density at radius 2 is 1.79 bits per heavy atom. The highest BCUT2D eigenvalue weighted by molar-refractivity contribution is 6.04. The Balaban J connectivity index is 1.32. The molecule has 1 aromatic heterocycles. The van der Waals surface area contributed by atoms with Crippen LogP contribution < -0.4 is 20.1 Å². The van der Waals surface area contributed by atoms with Crippen LogP contribution in [0.2, 0.25) is 0 Å². The first-order valence-electron chi connectivity index (χ1n) is 9.23. The second kappa shape index (κ2) is 8.43. The van der Waals surface area contributed by atoms with Crippen LogP contribution in [0.4, 0.5) is 11.5 Å². The molecule has 1 aliphatic rings. The van der Waals surface area contributed by atoms with Crippen LogP contribution in [-0.2, 0) is 6.42 Å². The monoisotopic (exact) mass is 375 g/mol. The van der Waals surface area contributed by atoms with Crippen LogP contribution in [0, 0.1) is 0 Å². The standard InChI is InChI=1S/C22H21N3O3/c26-22(25-18-7-8-19-20(14-18)28-13-12-27-19)17-6-9-21(24-15-17)23-11-10-16-4-2-1-3-5-16/h1-9,14-15H,10-13H2,(H,23,24)(H,25,26). The van der Waals surface area contributed by atoms with Gasteiger partial charge in [0.05, 0.1) is 5.56 Å². The third-order valence-corrected chi connectivity index (χ3v) is 4.39. The van der Waals surface area contributed by atoms with E-state index in [1.165, 1.54) is 5.56 Å². The normalized spacial score (nSPS) is 12.3. The number of pyridine rings is 1. The molecule has 0 spiro atoms. The Kier molecular flexibility index (Phi) is 5.38. The SMILES string of the molecule is O=C(Nc1ccc2c(c1)OCCO2)c1ccc(NCCc2ccccc2)nc1. The van der Waals surface area contributed by atoms with Crippen LogP contribution in [0.25, 0.3) is 0 Å². The minimum Gasteiger partial charge on any atom is -0.486 e. The molecular formula is C22H21N3O3. The number of carbonyl (C=O) groups is 1. The number of rotatable bonds is 6. The summed E-state index contributed by atoms with van der Waals surface area (Å²) in [5.41, 5.74) is 2.41. The number of aromatic nitrogens is 1. The first-order chi connectivity index (χ1) is 13.8. The molecule has 1 aliphatic heterocycles. The number of ether oxygens (including phenoxy) is 2. The van der Waals surface area contributed by atoms with Crippen molar-refractivity contribution in [2.45, 2.75) is 6.42 Å². The summed E-state index contributed by atoms with van der Waals surface area (Å²) in [6, 6.07) is 19.2. The van der Waals surface area contributed by atoms with E-state index in [2.05, 4.69) is 27.8 Å². The summed E-state index contributed by atoms with van der Waals surface area (Å²) in [7, 11) is 0. The summed E-state index contributed by atoms with van der Waals surface area (Å²) in [5.74, 6) is 1.85. The van der Waals surface area contributed by atoms with Gasteiger partial charge in [0, 0.05) is 24.5 Å². The van der Waals surface area contributed by atoms with E-state index < -0.39 is 0 Å². The molecule has 0 radical (unpaired) electrons. The summed E-state index contributed by atoms with van der Waals surface area (Å²) in [4.78, 5) is 16.8. The van der Waals surface area contributed by atoms with Gasteiger partial charge in [-0.1, -0.05) is 30.3 Å². The molecule has 0 saturated heterocycles. The predicted octanol–water partition coefficient (Wildman–Crippen LogP) is 3.76. The number of hydrogen-bond acceptors (Lipinski definition) is 5. The Morgan fingerprint density at radius 3 is 2.57 bits per heavy atom. The van der Waals surface area contributed by atoms with Crippen molar-refractivity contribution in [3.8, 4) is 11.5 Å². The summed E-state index contributed by atoms with van der Waals surface area (Å²) in [5, 5.41) is 6.13. The van der Waals surface area contributed by atoms with E-state index in [1.54, 1.807) is 30.5 Å². The molecule has 0 fully saturated rings. The van der Waals surface area contributed by atoms with Crippen LogP contribution in [0.15, 0.2) is 66.9 Å². The van der Waals surface area contributed by atoms with Crippen molar-refractivity contribution in [2.75, 3.05) is 30.4 Å². The van der Waals surface area contributed by atoms with Crippen molar-refractivity contribution in [1.29, 1.82) is 0 Å². The fraction of sp³-hybridized carbons (Fsp3) is 0.182. The Bertz CT molecular complexity index is 943. The van der Waals surface area contributed by atoms with E-state index in [9.17, 15) is 4.79 Å². The molecular weight excluding hydrogens is 354 g/mol. The van der Waals surface area contributed by atoms with Gasteiger partial charge in [-0.3, -0.25) is 4.79 Å². The van der Waals surface area contributed by atoms with Crippen molar-refractivity contribution >= 4 is 17.4 Å². The Labute approximate surface area is 163 Å². The number of nitrogens with zero attached hydrogens (tertiary/aromatic N) is 1. The second-order valence-corrected chi connectivity index (χ2v) is 6.41. The maximum absolute atomic E-state index is 12.4. The Morgan fingerprint density at radius 1 is 0.964 bits per heavy atom. The molecule has 2 heterocycles. The minimum atomic E-state index is -0.222. The van der Waals surface area contributed by atoms with E-state index in [4.69, 9.17) is 9.47 Å². The summed E-state index contributed by atoms with van der Waals surface area (Å²) in [6.07, 6.45) is 2.48. The lowest BCUT2D eigenvalue weighted by Gasteiger charge is -2.19. The van der Waals surface area contributed by atoms with Gasteiger partial charge in [0.25, 0.3) is 5.91 Å². The molecule has 0 bridgehead atoms. The third-order valence-electron chi connectivity index (χ3n) is 4.39. The van der Waals surface area contributed by atoms with Gasteiger partial charge in [-0.2, -0.15) is 0 Å². The molecule has 0 aliphatic carbocycles. The predicted molar refractivity (Wildman–Crippen MR) is 108 cm³/mol. The van der Waals surface area contributed by atoms with Gasteiger partial charge < -0.3 is 20.1 Å². The lowest BCUT2D eigenvalue weighted by molar-refractivity contribution is 0.102. The molecule has 0 saturated carbocycles. The van der Waals surface area contributed by atoms with Gasteiger partial charge in [0.15, 0.2) is 11.5 Å². The fourth-order valence-electron chi connectivity index (χ4n) is 2.94. The van der Waals surface area contributed by atoms with Crippen LogP contribution in [0.3, 0.4) is 0 Å². The van der Waals surface area contributed by atoms with Crippen LogP contribution in [-0.4, -0.2) is 30.6 Å². The molecule has 6 nitrogen and oxygen atoms in total. The minimum absolute atomic E-state index is 0.222. The molecule has 2 aromatic carbocycles. The van der Waals surface area contributed by atoms with Gasteiger partial charge in [-0.05, 0) is 36.2 Å². The zero-order valence-electron chi connectivity index (χ0n) is 15.4. The molecule has 0 atom stereocenters. The van der Waals surface area contributed by atoms with Crippen LogP contribution >= 0.6 is 0 Å². The number of fused-ring (bicyclic) bond motifs is 1. The molecule has 3 aromatic rings. The quantitative estimate of drug-likeness (QED) is 0.686. The van der Waals surface area contributed by atoms with Gasteiger partial charge in [0.2, 0.25) is 0 Å². The topological polar surface area (TPSA) is 72.5 Å². The third kappa shape index (κ3) is 4.40. The van der Waals surface area contributed by atoms with Crippen molar-refractivity contribution in [2.24, 2.45) is 0 Å². The highest BCUT2D eigenvalue weighted by atomic mass is 16.6. The maximum atomic E-state index is 12.4. The molecule has 2 N–H and O–H groups in total. The van der Waals surface area contributed by atoms with Gasteiger partial charge >= 0.3 is 0 Å². The molecule has 0 unspecified atom stereocenters. The Hall–Kier alpha value is -3.54. The number of amides is 1. The maximum Gasteiger partial charge on any atom is 0.257 e. The molecule has 142 valence electrons. The van der Waals surface area contributed by atoms with E-state index in [1.807, 2.05) is 24.3 Å². The molecule has 4 rings (SSSR count). The average Bonchev–Trinajstić information content (AvgIpc) is 2.75. The number of hydrogen-bond donors (Lipinski definition) is 2. The first kappa shape index (κ1) is 17.9. The average molecular weight is 375 g/mol. The van der Waals surface area contributed by atoms with Crippen LogP contribution in [0.1, 0.15) is 15.9 Å². The number of nitrogens with one attached hydrogen (secondary N) is 2. The zero-order valence-corrected chi connectivity index (χ0v) is 15.4. The number of benzene rings is 2. The van der Waals surface area contributed by atoms with E-state index >= 15 is 0 Å². The number of anilines is 2. The highest BCUT2D eigenvalue weighted by Gasteiger charge is 2.13. The van der Waals surface area contributed by atoms with Gasteiger partial charge in [-0.25, -0.2) is 4.98 Å². The number of carbonyl (C=O) groups excluding carboxylic acids is 1. The van der Waals surface area contributed by atoms with Gasteiger partial charge in [0.1, 0.15) is 19.0 Å².